The van der Waals surface area contributed by atoms with Crippen LogP contribution in [0.3, 0.4) is 0 Å². The van der Waals surface area contributed by atoms with Crippen LogP contribution in [-0.4, -0.2) is 5.78 Å². The van der Waals surface area contributed by atoms with Crippen molar-refractivity contribution in [2.75, 3.05) is 5.73 Å². The van der Waals surface area contributed by atoms with Gasteiger partial charge in [0.2, 0.25) is 0 Å². The number of hydrogen-bond acceptors (Lipinski definition) is 3. The molecular weight excluding hydrogens is 282 g/mol. The molecule has 0 bridgehead atoms. The van der Waals surface area contributed by atoms with E-state index in [1.54, 1.807) is 31.2 Å². The number of rotatable bonds is 2. The lowest BCUT2D eigenvalue weighted by molar-refractivity contribution is 0.103. The quantitative estimate of drug-likeness (QED) is 0.681. The molecule has 0 amide bonds. The average molecular weight is 294 g/mol. The fraction of sp³-hybridized carbons (Fsp3) is 0.154. The highest BCUT2D eigenvalue weighted by Crippen LogP contribution is 2.24. The van der Waals surface area contributed by atoms with Crippen LogP contribution >= 0.6 is 15.9 Å². The molecule has 2 N–H and O–H groups in total. The zero-order valence-electron chi connectivity index (χ0n) is 9.58. The number of furan rings is 1. The first-order chi connectivity index (χ1) is 7.99. The van der Waals surface area contributed by atoms with Crippen molar-refractivity contribution in [2.24, 2.45) is 0 Å². The first-order valence-electron chi connectivity index (χ1n) is 5.16. The summed E-state index contributed by atoms with van der Waals surface area (Å²) in [4.78, 5) is 12.2. The molecule has 2 aromatic rings. The minimum atomic E-state index is -0.0555. The normalized spacial score (nSPS) is 10.5. The van der Waals surface area contributed by atoms with Crippen LogP contribution in [0, 0.1) is 13.8 Å². The zero-order chi connectivity index (χ0) is 12.6. The lowest BCUT2D eigenvalue weighted by Gasteiger charge is -2.02. The minimum Gasteiger partial charge on any atom is -0.466 e. The summed E-state index contributed by atoms with van der Waals surface area (Å²) in [5.74, 6) is 1.32. The van der Waals surface area contributed by atoms with E-state index >= 15 is 0 Å². The van der Waals surface area contributed by atoms with Crippen LogP contribution in [0.1, 0.15) is 27.4 Å². The van der Waals surface area contributed by atoms with Gasteiger partial charge in [-0.25, -0.2) is 0 Å². The van der Waals surface area contributed by atoms with Crippen molar-refractivity contribution in [3.63, 3.8) is 0 Å². The number of nitrogens with two attached hydrogens (primary N) is 1. The number of carbonyl (C=O) groups excluding carboxylic acids is 1. The second-order valence-electron chi connectivity index (χ2n) is 3.89. The summed E-state index contributed by atoms with van der Waals surface area (Å²) in [6.07, 6.45) is 0. The Bertz CT molecular complexity index is 587. The molecule has 17 heavy (non-hydrogen) atoms. The van der Waals surface area contributed by atoms with Gasteiger partial charge >= 0.3 is 0 Å². The summed E-state index contributed by atoms with van der Waals surface area (Å²) in [7, 11) is 0. The van der Waals surface area contributed by atoms with Crippen molar-refractivity contribution in [2.45, 2.75) is 13.8 Å². The van der Waals surface area contributed by atoms with Crippen molar-refractivity contribution in [1.82, 2.24) is 0 Å². The Morgan fingerprint density at radius 2 is 2.00 bits per heavy atom. The molecule has 0 spiro atoms. The third-order valence-corrected chi connectivity index (χ3v) is 3.23. The molecule has 3 nitrogen and oxygen atoms in total. The smallest absolute Gasteiger partial charge is 0.196 e. The van der Waals surface area contributed by atoms with Crippen molar-refractivity contribution < 1.29 is 9.21 Å². The molecule has 1 aromatic heterocycles. The fourth-order valence-corrected chi connectivity index (χ4v) is 2.06. The first kappa shape index (κ1) is 11.9. The Labute approximate surface area is 108 Å². The number of aryl methyl sites for hydroxylation is 2. The summed E-state index contributed by atoms with van der Waals surface area (Å²) in [6.45, 7) is 3.61. The predicted octanol–water partition coefficient (Wildman–Crippen LogP) is 3.47. The van der Waals surface area contributed by atoms with Gasteiger partial charge in [0.25, 0.3) is 0 Å². The molecule has 0 saturated carbocycles. The van der Waals surface area contributed by atoms with Crippen LogP contribution in [0.25, 0.3) is 0 Å². The van der Waals surface area contributed by atoms with E-state index in [0.717, 1.165) is 10.2 Å². The predicted molar refractivity (Wildman–Crippen MR) is 70.2 cm³/mol. The summed E-state index contributed by atoms with van der Waals surface area (Å²) in [5, 5.41) is 0. The van der Waals surface area contributed by atoms with Gasteiger partial charge in [-0.2, -0.15) is 0 Å². The maximum absolute atomic E-state index is 12.2. The van der Waals surface area contributed by atoms with Crippen molar-refractivity contribution >= 4 is 27.4 Å². The fourth-order valence-electron chi connectivity index (χ4n) is 1.68. The SMILES string of the molecule is Cc1cc(C(=O)c2ccc(N)c(Br)c2)c(C)o1. The highest BCUT2D eigenvalue weighted by molar-refractivity contribution is 9.10. The largest absolute Gasteiger partial charge is 0.466 e. The molecule has 0 aliphatic heterocycles. The first-order valence-corrected chi connectivity index (χ1v) is 5.95. The Hall–Kier alpha value is -1.55. The number of benzene rings is 1. The van der Waals surface area contributed by atoms with E-state index in [9.17, 15) is 4.79 Å². The Morgan fingerprint density at radius 1 is 1.29 bits per heavy atom. The number of hydrogen-bond donors (Lipinski definition) is 1. The molecular formula is C13H12BrNO2. The molecule has 4 heteroatoms. The lowest BCUT2D eigenvalue weighted by Crippen LogP contribution is -2.02. The second-order valence-corrected chi connectivity index (χ2v) is 4.75. The van der Waals surface area contributed by atoms with Gasteiger partial charge in [-0.1, -0.05) is 0 Å². The third kappa shape index (κ3) is 2.26. The van der Waals surface area contributed by atoms with E-state index in [1.807, 2.05) is 6.92 Å². The molecule has 0 aliphatic carbocycles. The van der Waals surface area contributed by atoms with Gasteiger partial charge < -0.3 is 10.2 Å². The minimum absolute atomic E-state index is 0.0555. The average Bonchev–Trinajstić information content (AvgIpc) is 2.61. The van der Waals surface area contributed by atoms with Crippen LogP contribution in [0.15, 0.2) is 33.2 Å². The molecule has 0 radical (unpaired) electrons. The van der Waals surface area contributed by atoms with E-state index in [2.05, 4.69) is 15.9 Å². The lowest BCUT2D eigenvalue weighted by atomic mass is 10.0. The molecule has 1 aromatic carbocycles. The molecule has 0 saturated heterocycles. The third-order valence-electron chi connectivity index (χ3n) is 2.55. The monoisotopic (exact) mass is 293 g/mol. The van der Waals surface area contributed by atoms with E-state index in [0.29, 0.717) is 22.6 Å². The number of nitrogen functional groups attached to an aromatic ring is 1. The highest BCUT2D eigenvalue weighted by Gasteiger charge is 2.16. The van der Waals surface area contributed by atoms with Crippen LogP contribution in [0.2, 0.25) is 0 Å². The molecule has 0 fully saturated rings. The maximum Gasteiger partial charge on any atom is 0.196 e. The van der Waals surface area contributed by atoms with Crippen molar-refractivity contribution in [1.29, 1.82) is 0 Å². The molecule has 0 unspecified atom stereocenters. The summed E-state index contributed by atoms with van der Waals surface area (Å²) >= 11 is 3.31. The van der Waals surface area contributed by atoms with E-state index in [-0.39, 0.29) is 5.78 Å². The van der Waals surface area contributed by atoms with Gasteiger partial charge in [-0.05, 0) is 54.0 Å². The van der Waals surface area contributed by atoms with Gasteiger partial charge in [-0.3, -0.25) is 4.79 Å². The highest BCUT2D eigenvalue weighted by atomic mass is 79.9. The Kier molecular flexibility index (Phi) is 3.07. The molecule has 2 rings (SSSR count). The van der Waals surface area contributed by atoms with Gasteiger partial charge in [0.15, 0.2) is 5.78 Å². The van der Waals surface area contributed by atoms with E-state index < -0.39 is 0 Å². The molecule has 0 aliphatic rings. The summed E-state index contributed by atoms with van der Waals surface area (Å²) in [6, 6.07) is 6.89. The second kappa shape index (κ2) is 4.37. The number of ketones is 1. The molecule has 1 heterocycles. The van der Waals surface area contributed by atoms with E-state index in [4.69, 9.17) is 10.2 Å². The summed E-state index contributed by atoms with van der Waals surface area (Å²) in [5.41, 5.74) is 7.49. The van der Waals surface area contributed by atoms with Gasteiger partial charge in [0, 0.05) is 15.7 Å². The van der Waals surface area contributed by atoms with Crippen LogP contribution in [-0.2, 0) is 0 Å². The standard InChI is InChI=1S/C13H12BrNO2/c1-7-5-10(8(2)17-7)13(16)9-3-4-12(15)11(14)6-9/h3-6H,15H2,1-2H3. The van der Waals surface area contributed by atoms with E-state index in [1.165, 1.54) is 0 Å². The van der Waals surface area contributed by atoms with Crippen LogP contribution < -0.4 is 5.73 Å². The van der Waals surface area contributed by atoms with Crippen LogP contribution in [0.5, 0.6) is 0 Å². The van der Waals surface area contributed by atoms with Crippen molar-refractivity contribution in [3.8, 4) is 0 Å². The van der Waals surface area contributed by atoms with Gasteiger partial charge in [0.1, 0.15) is 11.5 Å². The zero-order valence-corrected chi connectivity index (χ0v) is 11.2. The molecule has 88 valence electrons. The van der Waals surface area contributed by atoms with Crippen molar-refractivity contribution in [3.05, 3.63) is 51.4 Å². The Morgan fingerprint density at radius 3 is 2.53 bits per heavy atom. The topological polar surface area (TPSA) is 56.2 Å². The number of anilines is 1. The Balaban J connectivity index is 2.44. The summed E-state index contributed by atoms with van der Waals surface area (Å²) < 4.78 is 6.08. The van der Waals surface area contributed by atoms with Crippen LogP contribution in [0.4, 0.5) is 5.69 Å². The molecule has 0 atom stereocenters. The maximum atomic E-state index is 12.2. The van der Waals surface area contributed by atoms with Gasteiger partial charge in [0.05, 0.1) is 5.56 Å². The van der Waals surface area contributed by atoms with Gasteiger partial charge in [-0.15, -0.1) is 0 Å². The number of carbonyl (C=O) groups is 1. The number of halogens is 1.